The molecule has 0 atom stereocenters. The summed E-state index contributed by atoms with van der Waals surface area (Å²) >= 11 is 1.62. The van der Waals surface area contributed by atoms with Gasteiger partial charge in [-0.05, 0) is 41.8 Å². The van der Waals surface area contributed by atoms with Crippen molar-refractivity contribution in [3.8, 4) is 0 Å². The van der Waals surface area contributed by atoms with Crippen LogP contribution in [0.2, 0.25) is 0 Å². The fourth-order valence-electron chi connectivity index (χ4n) is 2.94. The second kappa shape index (κ2) is 7.30. The number of halogens is 1. The molecule has 0 saturated heterocycles. The Morgan fingerprint density at radius 3 is 2.81 bits per heavy atom. The zero-order chi connectivity index (χ0) is 17.9. The highest BCUT2D eigenvalue weighted by molar-refractivity contribution is 7.98. The van der Waals surface area contributed by atoms with Gasteiger partial charge in [0.15, 0.2) is 5.16 Å². The minimum absolute atomic E-state index is 0.208. The highest BCUT2D eigenvalue weighted by Crippen LogP contribution is 2.28. The lowest BCUT2D eigenvalue weighted by atomic mass is 10.1. The highest BCUT2D eigenvalue weighted by atomic mass is 32.2. The molecule has 130 valence electrons. The maximum absolute atomic E-state index is 13.4. The van der Waals surface area contributed by atoms with E-state index in [1.165, 1.54) is 17.2 Å². The molecule has 2 aromatic carbocycles. The zero-order valence-electron chi connectivity index (χ0n) is 14.4. The Kier molecular flexibility index (Phi) is 4.71. The quantitative estimate of drug-likeness (QED) is 0.456. The summed E-state index contributed by atoms with van der Waals surface area (Å²) in [7, 11) is 0. The van der Waals surface area contributed by atoms with E-state index in [1.54, 1.807) is 30.1 Å². The number of imidazole rings is 1. The molecule has 0 aliphatic carbocycles. The molecular weight excluding hydrogens is 345 g/mol. The van der Waals surface area contributed by atoms with E-state index in [0.29, 0.717) is 5.75 Å². The monoisotopic (exact) mass is 363 g/mol. The van der Waals surface area contributed by atoms with E-state index in [9.17, 15) is 4.39 Å². The minimum atomic E-state index is -0.208. The van der Waals surface area contributed by atoms with E-state index >= 15 is 0 Å². The van der Waals surface area contributed by atoms with Crippen molar-refractivity contribution < 1.29 is 4.39 Å². The van der Waals surface area contributed by atoms with Crippen molar-refractivity contribution in [1.82, 2.24) is 14.5 Å². The van der Waals surface area contributed by atoms with Gasteiger partial charge in [-0.3, -0.25) is 4.98 Å². The van der Waals surface area contributed by atoms with Crippen LogP contribution in [-0.2, 0) is 12.3 Å². The number of aryl methyl sites for hydroxylation is 1. The molecule has 0 saturated carbocycles. The smallest absolute Gasteiger partial charge is 0.169 e. The maximum atomic E-state index is 13.4. The number of thioether (sulfide) groups is 1. The van der Waals surface area contributed by atoms with Gasteiger partial charge in [0.1, 0.15) is 5.82 Å². The predicted molar refractivity (Wildman–Crippen MR) is 104 cm³/mol. The van der Waals surface area contributed by atoms with Crippen LogP contribution in [0.25, 0.3) is 11.0 Å². The van der Waals surface area contributed by atoms with Crippen LogP contribution in [0.4, 0.5) is 4.39 Å². The summed E-state index contributed by atoms with van der Waals surface area (Å²) in [4.78, 5) is 9.03. The topological polar surface area (TPSA) is 30.7 Å². The Labute approximate surface area is 155 Å². The molecule has 0 fully saturated rings. The Hall–Kier alpha value is -2.66. The normalized spacial score (nSPS) is 11.2. The summed E-state index contributed by atoms with van der Waals surface area (Å²) in [6.45, 7) is 2.85. The first kappa shape index (κ1) is 16.8. The van der Waals surface area contributed by atoms with Crippen molar-refractivity contribution in [3.05, 3.63) is 89.5 Å². The molecule has 0 unspecified atom stereocenters. The molecule has 0 bridgehead atoms. The molecule has 0 spiro atoms. The van der Waals surface area contributed by atoms with Gasteiger partial charge in [0.05, 0.1) is 23.8 Å². The van der Waals surface area contributed by atoms with Crippen LogP contribution in [0.15, 0.2) is 72.1 Å². The van der Waals surface area contributed by atoms with Crippen molar-refractivity contribution in [2.45, 2.75) is 24.4 Å². The number of benzene rings is 2. The highest BCUT2D eigenvalue weighted by Gasteiger charge is 2.13. The largest absolute Gasteiger partial charge is 0.313 e. The number of nitrogens with zero attached hydrogens (tertiary/aromatic N) is 3. The van der Waals surface area contributed by atoms with Gasteiger partial charge in [-0.15, -0.1) is 0 Å². The minimum Gasteiger partial charge on any atom is -0.313 e. The van der Waals surface area contributed by atoms with Crippen LogP contribution in [0.3, 0.4) is 0 Å². The molecule has 4 rings (SSSR count). The third-order valence-corrected chi connectivity index (χ3v) is 5.41. The molecule has 0 aliphatic rings. The van der Waals surface area contributed by atoms with E-state index in [2.05, 4.69) is 34.7 Å². The van der Waals surface area contributed by atoms with Gasteiger partial charge in [-0.2, -0.15) is 0 Å². The maximum Gasteiger partial charge on any atom is 0.169 e. The molecule has 0 radical (unpaired) electrons. The van der Waals surface area contributed by atoms with Crippen LogP contribution in [0.1, 0.15) is 16.7 Å². The molecule has 5 heteroatoms. The fourth-order valence-corrected chi connectivity index (χ4v) is 3.90. The Morgan fingerprint density at radius 1 is 1.08 bits per heavy atom. The Balaban J connectivity index is 1.68. The Morgan fingerprint density at radius 2 is 1.96 bits per heavy atom. The van der Waals surface area contributed by atoms with Crippen LogP contribution in [0, 0.1) is 12.7 Å². The van der Waals surface area contributed by atoms with Crippen LogP contribution in [0.5, 0.6) is 0 Å². The van der Waals surface area contributed by atoms with Gasteiger partial charge in [-0.25, -0.2) is 9.37 Å². The third kappa shape index (κ3) is 3.48. The van der Waals surface area contributed by atoms with Crippen LogP contribution < -0.4 is 0 Å². The second-order valence-corrected chi connectivity index (χ2v) is 7.13. The summed E-state index contributed by atoms with van der Waals surface area (Å²) in [5, 5.41) is 0.917. The van der Waals surface area contributed by atoms with Crippen molar-refractivity contribution in [2.24, 2.45) is 0 Å². The summed E-state index contributed by atoms with van der Waals surface area (Å²) in [5.41, 5.74) is 5.39. The fraction of sp³-hybridized carbons (Fsp3) is 0.143. The first-order valence-corrected chi connectivity index (χ1v) is 9.41. The van der Waals surface area contributed by atoms with Gasteiger partial charge in [0, 0.05) is 11.9 Å². The van der Waals surface area contributed by atoms with E-state index in [4.69, 9.17) is 4.98 Å². The van der Waals surface area contributed by atoms with Gasteiger partial charge < -0.3 is 4.57 Å². The average molecular weight is 363 g/mol. The van der Waals surface area contributed by atoms with Crippen molar-refractivity contribution in [3.63, 3.8) is 0 Å². The Bertz CT molecular complexity index is 1060. The lowest BCUT2D eigenvalue weighted by Crippen LogP contribution is -2.03. The second-order valence-electron chi connectivity index (χ2n) is 6.19. The van der Waals surface area contributed by atoms with Gasteiger partial charge in [-0.1, -0.05) is 48.2 Å². The molecule has 4 aromatic rings. The third-order valence-electron chi connectivity index (χ3n) is 4.36. The standard InChI is InChI=1S/C21H18FN3S/c1-15-5-2-3-7-17(15)13-25-20-12-23-10-9-19(20)24-21(25)26-14-16-6-4-8-18(22)11-16/h2-12H,13-14H2,1H3. The molecule has 26 heavy (non-hydrogen) atoms. The van der Waals surface area contributed by atoms with Crippen molar-refractivity contribution in [2.75, 3.05) is 0 Å². The molecule has 0 N–H and O–H groups in total. The molecule has 0 amide bonds. The average Bonchev–Trinajstić information content (AvgIpc) is 3.00. The first-order valence-electron chi connectivity index (χ1n) is 8.43. The van der Waals surface area contributed by atoms with E-state index in [1.807, 2.05) is 24.4 Å². The molecule has 0 aliphatic heterocycles. The van der Waals surface area contributed by atoms with Crippen molar-refractivity contribution >= 4 is 22.8 Å². The number of pyridine rings is 1. The number of hydrogen-bond acceptors (Lipinski definition) is 3. The lowest BCUT2D eigenvalue weighted by molar-refractivity contribution is 0.626. The summed E-state index contributed by atoms with van der Waals surface area (Å²) < 4.78 is 15.6. The number of fused-ring (bicyclic) bond motifs is 1. The van der Waals surface area contributed by atoms with Gasteiger partial charge in [0.25, 0.3) is 0 Å². The molecule has 2 aromatic heterocycles. The van der Waals surface area contributed by atoms with Crippen molar-refractivity contribution in [1.29, 1.82) is 0 Å². The molecule has 2 heterocycles. The molecular formula is C21H18FN3S. The summed E-state index contributed by atoms with van der Waals surface area (Å²) in [6, 6.07) is 17.0. The number of rotatable bonds is 5. The van der Waals surface area contributed by atoms with Crippen LogP contribution in [-0.4, -0.2) is 14.5 Å². The van der Waals surface area contributed by atoms with Crippen LogP contribution >= 0.6 is 11.8 Å². The van der Waals surface area contributed by atoms with E-state index in [0.717, 1.165) is 28.3 Å². The van der Waals surface area contributed by atoms with E-state index in [-0.39, 0.29) is 5.82 Å². The zero-order valence-corrected chi connectivity index (χ0v) is 15.2. The predicted octanol–water partition coefficient (Wildman–Crippen LogP) is 5.22. The van der Waals surface area contributed by atoms with Gasteiger partial charge >= 0.3 is 0 Å². The number of aromatic nitrogens is 3. The number of hydrogen-bond donors (Lipinski definition) is 0. The lowest BCUT2D eigenvalue weighted by Gasteiger charge is -2.11. The molecule has 3 nitrogen and oxygen atoms in total. The summed E-state index contributed by atoms with van der Waals surface area (Å²) in [5.74, 6) is 0.461. The SMILES string of the molecule is Cc1ccccc1Cn1c(SCc2cccc(F)c2)nc2ccncc21. The van der Waals surface area contributed by atoms with E-state index < -0.39 is 0 Å². The first-order chi connectivity index (χ1) is 12.7. The summed E-state index contributed by atoms with van der Waals surface area (Å²) in [6.07, 6.45) is 3.61. The van der Waals surface area contributed by atoms with Gasteiger partial charge in [0.2, 0.25) is 0 Å².